The Balaban J connectivity index is 2.01. The highest BCUT2D eigenvalue weighted by Crippen LogP contribution is 2.22. The van der Waals surface area contributed by atoms with E-state index in [-0.39, 0.29) is 5.78 Å². The first-order valence-corrected chi connectivity index (χ1v) is 7.55. The minimum Gasteiger partial charge on any atom is -0.382 e. The topological polar surface area (TPSA) is 29.1 Å². The SMILES string of the molecule is CC(=O)c1ccc(NC2CCCCCCC2)cc1C. The van der Waals surface area contributed by atoms with Crippen molar-refractivity contribution in [3.05, 3.63) is 29.3 Å². The highest BCUT2D eigenvalue weighted by atomic mass is 16.1. The molecule has 0 atom stereocenters. The minimum absolute atomic E-state index is 0.148. The maximum absolute atomic E-state index is 11.4. The van der Waals surface area contributed by atoms with Gasteiger partial charge >= 0.3 is 0 Å². The summed E-state index contributed by atoms with van der Waals surface area (Å²) < 4.78 is 0. The summed E-state index contributed by atoms with van der Waals surface area (Å²) in [4.78, 5) is 11.4. The zero-order valence-electron chi connectivity index (χ0n) is 12.2. The molecule has 0 saturated heterocycles. The van der Waals surface area contributed by atoms with Gasteiger partial charge in [0.2, 0.25) is 0 Å². The van der Waals surface area contributed by atoms with Crippen LogP contribution in [0.5, 0.6) is 0 Å². The van der Waals surface area contributed by atoms with Gasteiger partial charge in [-0.15, -0.1) is 0 Å². The summed E-state index contributed by atoms with van der Waals surface area (Å²) in [6.07, 6.45) is 9.37. The Labute approximate surface area is 116 Å². The van der Waals surface area contributed by atoms with Crippen LogP contribution in [-0.4, -0.2) is 11.8 Å². The molecule has 2 rings (SSSR count). The normalized spacial score (nSPS) is 17.6. The van der Waals surface area contributed by atoms with Crippen LogP contribution in [0.25, 0.3) is 0 Å². The summed E-state index contributed by atoms with van der Waals surface area (Å²) >= 11 is 0. The molecule has 0 amide bonds. The number of nitrogens with one attached hydrogen (secondary N) is 1. The Hall–Kier alpha value is -1.31. The molecule has 1 N–H and O–H groups in total. The molecule has 0 unspecified atom stereocenters. The molecule has 2 nitrogen and oxygen atoms in total. The van der Waals surface area contributed by atoms with Crippen LogP contribution in [-0.2, 0) is 0 Å². The van der Waals surface area contributed by atoms with Crippen molar-refractivity contribution in [2.45, 2.75) is 64.8 Å². The number of rotatable bonds is 3. The van der Waals surface area contributed by atoms with Crippen molar-refractivity contribution in [2.24, 2.45) is 0 Å². The van der Waals surface area contributed by atoms with Crippen molar-refractivity contribution in [2.75, 3.05) is 5.32 Å². The second kappa shape index (κ2) is 6.74. The summed E-state index contributed by atoms with van der Waals surface area (Å²) in [6, 6.07) is 6.70. The molecule has 1 saturated carbocycles. The second-order valence-electron chi connectivity index (χ2n) is 5.77. The van der Waals surface area contributed by atoms with Gasteiger partial charge in [0, 0.05) is 17.3 Å². The van der Waals surface area contributed by atoms with Crippen molar-refractivity contribution in [3.8, 4) is 0 Å². The van der Waals surface area contributed by atoms with Crippen LogP contribution in [0, 0.1) is 6.92 Å². The predicted octanol–water partition coefficient (Wildman–Crippen LogP) is 4.72. The minimum atomic E-state index is 0.148. The van der Waals surface area contributed by atoms with Gasteiger partial charge in [-0.05, 0) is 50.5 Å². The average Bonchev–Trinajstić information content (AvgIpc) is 2.32. The van der Waals surface area contributed by atoms with Gasteiger partial charge in [0.05, 0.1) is 0 Å². The lowest BCUT2D eigenvalue weighted by Crippen LogP contribution is -2.20. The van der Waals surface area contributed by atoms with E-state index < -0.39 is 0 Å². The van der Waals surface area contributed by atoms with Crippen molar-refractivity contribution in [1.29, 1.82) is 0 Å². The molecule has 104 valence electrons. The average molecular weight is 259 g/mol. The van der Waals surface area contributed by atoms with Crippen molar-refractivity contribution >= 4 is 11.5 Å². The Morgan fingerprint density at radius 1 is 1.11 bits per heavy atom. The number of benzene rings is 1. The van der Waals surface area contributed by atoms with E-state index in [4.69, 9.17) is 0 Å². The van der Waals surface area contributed by atoms with E-state index in [1.165, 1.54) is 44.9 Å². The Morgan fingerprint density at radius 2 is 1.74 bits per heavy atom. The van der Waals surface area contributed by atoms with Gasteiger partial charge in [0.25, 0.3) is 0 Å². The van der Waals surface area contributed by atoms with Gasteiger partial charge in [-0.25, -0.2) is 0 Å². The van der Waals surface area contributed by atoms with Gasteiger partial charge in [0.1, 0.15) is 0 Å². The molecule has 1 fully saturated rings. The highest BCUT2D eigenvalue weighted by Gasteiger charge is 2.12. The Morgan fingerprint density at radius 3 is 2.32 bits per heavy atom. The van der Waals surface area contributed by atoms with Crippen LogP contribution >= 0.6 is 0 Å². The third-order valence-electron chi connectivity index (χ3n) is 4.08. The smallest absolute Gasteiger partial charge is 0.160 e. The lowest BCUT2D eigenvalue weighted by Gasteiger charge is -2.22. The summed E-state index contributed by atoms with van der Waals surface area (Å²) in [5.41, 5.74) is 3.07. The largest absolute Gasteiger partial charge is 0.382 e. The molecule has 1 aromatic rings. The molecule has 0 radical (unpaired) electrons. The Kier molecular flexibility index (Phi) is 5.00. The second-order valence-corrected chi connectivity index (χ2v) is 5.77. The standard InChI is InChI=1S/C17H25NO/c1-13-12-16(10-11-17(13)14(2)19)18-15-8-6-4-3-5-7-9-15/h10-12,15,18H,3-9H2,1-2H3. The van der Waals surface area contributed by atoms with E-state index in [1.807, 2.05) is 19.1 Å². The molecular weight excluding hydrogens is 234 g/mol. The molecule has 0 heterocycles. The fourth-order valence-electron chi connectivity index (χ4n) is 2.98. The number of hydrogen-bond donors (Lipinski definition) is 1. The fourth-order valence-corrected chi connectivity index (χ4v) is 2.98. The number of carbonyl (C=O) groups excluding carboxylic acids is 1. The van der Waals surface area contributed by atoms with Gasteiger partial charge in [-0.1, -0.05) is 32.1 Å². The van der Waals surface area contributed by atoms with E-state index in [9.17, 15) is 4.79 Å². The van der Waals surface area contributed by atoms with E-state index >= 15 is 0 Å². The van der Waals surface area contributed by atoms with Crippen molar-refractivity contribution in [3.63, 3.8) is 0 Å². The maximum atomic E-state index is 11.4. The van der Waals surface area contributed by atoms with Gasteiger partial charge in [-0.2, -0.15) is 0 Å². The van der Waals surface area contributed by atoms with Gasteiger partial charge in [-0.3, -0.25) is 4.79 Å². The number of hydrogen-bond acceptors (Lipinski definition) is 2. The van der Waals surface area contributed by atoms with E-state index in [0.29, 0.717) is 6.04 Å². The number of ketones is 1. The molecule has 2 heteroatoms. The zero-order chi connectivity index (χ0) is 13.7. The van der Waals surface area contributed by atoms with Crippen LogP contribution < -0.4 is 5.32 Å². The lowest BCUT2D eigenvalue weighted by molar-refractivity contribution is 0.101. The van der Waals surface area contributed by atoms with Crippen LogP contribution in [0.2, 0.25) is 0 Å². The van der Waals surface area contributed by atoms with Crippen LogP contribution in [0.1, 0.15) is 67.8 Å². The summed E-state index contributed by atoms with van der Waals surface area (Å²) in [6.45, 7) is 3.64. The van der Waals surface area contributed by atoms with E-state index in [1.54, 1.807) is 6.92 Å². The van der Waals surface area contributed by atoms with E-state index in [0.717, 1.165) is 16.8 Å². The molecule has 1 aromatic carbocycles. The molecular formula is C17H25NO. The molecule has 0 spiro atoms. The predicted molar refractivity (Wildman–Crippen MR) is 80.9 cm³/mol. The van der Waals surface area contributed by atoms with Crippen molar-refractivity contribution < 1.29 is 4.79 Å². The first kappa shape index (κ1) is 14.1. The summed E-state index contributed by atoms with van der Waals surface area (Å²) in [5.74, 6) is 0.148. The molecule has 19 heavy (non-hydrogen) atoms. The van der Waals surface area contributed by atoms with Crippen molar-refractivity contribution in [1.82, 2.24) is 0 Å². The molecule has 1 aliphatic rings. The number of carbonyl (C=O) groups is 1. The van der Waals surface area contributed by atoms with Gasteiger partial charge in [0.15, 0.2) is 5.78 Å². The molecule has 0 aliphatic heterocycles. The lowest BCUT2D eigenvalue weighted by atomic mass is 9.96. The third-order valence-corrected chi connectivity index (χ3v) is 4.08. The molecule has 0 aromatic heterocycles. The molecule has 1 aliphatic carbocycles. The zero-order valence-corrected chi connectivity index (χ0v) is 12.2. The first-order chi connectivity index (χ1) is 9.16. The van der Waals surface area contributed by atoms with Crippen LogP contribution in [0.15, 0.2) is 18.2 Å². The van der Waals surface area contributed by atoms with E-state index in [2.05, 4.69) is 11.4 Å². The highest BCUT2D eigenvalue weighted by molar-refractivity contribution is 5.95. The molecule has 0 bridgehead atoms. The van der Waals surface area contributed by atoms with Crippen LogP contribution in [0.4, 0.5) is 5.69 Å². The van der Waals surface area contributed by atoms with Gasteiger partial charge < -0.3 is 5.32 Å². The monoisotopic (exact) mass is 259 g/mol. The summed E-state index contributed by atoms with van der Waals surface area (Å²) in [7, 11) is 0. The Bertz CT molecular complexity index is 431. The number of Topliss-reactive ketones (excluding diaryl/α,β-unsaturated/α-hetero) is 1. The fraction of sp³-hybridized carbons (Fsp3) is 0.588. The quantitative estimate of drug-likeness (QED) is 0.796. The van der Waals surface area contributed by atoms with Crippen LogP contribution in [0.3, 0.4) is 0 Å². The maximum Gasteiger partial charge on any atom is 0.160 e. The third kappa shape index (κ3) is 4.09. The summed E-state index contributed by atoms with van der Waals surface area (Å²) in [5, 5.41) is 3.64. The first-order valence-electron chi connectivity index (χ1n) is 7.55. The number of aryl methyl sites for hydroxylation is 1. The number of anilines is 1.